The highest BCUT2D eigenvalue weighted by Gasteiger charge is 2.30. The number of urea groups is 1. The number of carbonyl (C=O) groups excluding carboxylic acids is 1. The van der Waals surface area contributed by atoms with Crippen molar-refractivity contribution >= 4 is 27.4 Å². The van der Waals surface area contributed by atoms with Crippen LogP contribution in [0.5, 0.6) is 0 Å². The van der Waals surface area contributed by atoms with Crippen molar-refractivity contribution in [3.8, 4) is 0 Å². The molecule has 3 aromatic carbocycles. The third kappa shape index (κ3) is 5.01. The maximum absolute atomic E-state index is 14.1. The van der Waals surface area contributed by atoms with Crippen LogP contribution in [0.1, 0.15) is 23.1 Å². The van der Waals surface area contributed by atoms with Crippen molar-refractivity contribution in [2.45, 2.75) is 31.7 Å². The van der Waals surface area contributed by atoms with E-state index in [-0.39, 0.29) is 23.3 Å². The van der Waals surface area contributed by atoms with Gasteiger partial charge in [-0.05, 0) is 56.2 Å². The lowest BCUT2D eigenvalue weighted by molar-refractivity contribution is 0.192. The summed E-state index contributed by atoms with van der Waals surface area (Å²) in [6.45, 7) is 4.83. The van der Waals surface area contributed by atoms with Crippen LogP contribution in [0.15, 0.2) is 71.6 Å². The van der Waals surface area contributed by atoms with Gasteiger partial charge in [-0.3, -0.25) is 9.62 Å². The predicted molar refractivity (Wildman–Crippen MR) is 127 cm³/mol. The Morgan fingerprint density at radius 2 is 1.64 bits per heavy atom. The molecule has 33 heavy (non-hydrogen) atoms. The lowest BCUT2D eigenvalue weighted by atomic mass is 10.1. The van der Waals surface area contributed by atoms with Crippen LogP contribution in [0.4, 0.5) is 20.6 Å². The lowest BCUT2D eigenvalue weighted by Gasteiger charge is -2.36. The van der Waals surface area contributed by atoms with Gasteiger partial charge in [-0.2, -0.15) is 0 Å². The first-order chi connectivity index (χ1) is 15.7. The summed E-state index contributed by atoms with van der Waals surface area (Å²) in [6.07, 6.45) is 0.679. The molecule has 1 heterocycles. The molecule has 3 aromatic rings. The second-order valence-corrected chi connectivity index (χ2v) is 9.92. The van der Waals surface area contributed by atoms with Crippen molar-refractivity contribution in [3.63, 3.8) is 0 Å². The molecule has 0 spiro atoms. The van der Waals surface area contributed by atoms with Gasteiger partial charge in [0.2, 0.25) is 0 Å². The number of rotatable bonds is 6. The Balaban J connectivity index is 1.63. The summed E-state index contributed by atoms with van der Waals surface area (Å²) in [5.41, 5.74) is 3.06. The van der Waals surface area contributed by atoms with E-state index in [1.54, 1.807) is 64.4 Å². The summed E-state index contributed by atoms with van der Waals surface area (Å²) in [5, 5.41) is 0. The number of hydrogen-bond donors (Lipinski definition) is 1. The highest BCUT2D eigenvalue weighted by molar-refractivity contribution is 7.92. The summed E-state index contributed by atoms with van der Waals surface area (Å²) >= 11 is 0. The van der Waals surface area contributed by atoms with Crippen LogP contribution < -0.4 is 9.62 Å². The summed E-state index contributed by atoms with van der Waals surface area (Å²) < 4.78 is 42.8. The molecule has 1 fully saturated rings. The first-order valence-corrected chi connectivity index (χ1v) is 12.2. The molecule has 1 saturated heterocycles. The minimum atomic E-state index is -3.84. The first-order valence-electron chi connectivity index (χ1n) is 10.7. The average Bonchev–Trinajstić information content (AvgIpc) is 2.77. The molecule has 6 nitrogen and oxygen atoms in total. The Labute approximate surface area is 193 Å². The standard InChI is InChI=1S/C25H26FN3O3S/c1-18-8-11-21(12-9-18)33(31,32)27-23-16-19(2)10-13-24(23)29-15-5-14-28(25(29)30)17-20-6-3-4-7-22(20)26/h3-4,6-13,16,27H,5,14-15,17H2,1-2H3. The van der Waals surface area contributed by atoms with Crippen molar-refractivity contribution < 1.29 is 17.6 Å². The molecule has 0 radical (unpaired) electrons. The molecule has 2 amide bonds. The minimum Gasteiger partial charge on any atom is -0.320 e. The maximum atomic E-state index is 14.1. The van der Waals surface area contributed by atoms with Crippen molar-refractivity contribution in [1.29, 1.82) is 0 Å². The maximum Gasteiger partial charge on any atom is 0.324 e. The Kier molecular flexibility index (Phi) is 6.37. The molecule has 0 unspecified atom stereocenters. The fraction of sp³-hybridized carbons (Fsp3) is 0.240. The first kappa shape index (κ1) is 22.8. The Morgan fingerprint density at radius 1 is 0.939 bits per heavy atom. The number of aryl methyl sites for hydroxylation is 2. The zero-order valence-electron chi connectivity index (χ0n) is 18.6. The van der Waals surface area contributed by atoms with E-state index in [1.165, 1.54) is 6.07 Å². The van der Waals surface area contributed by atoms with Crippen LogP contribution in [0, 0.1) is 19.7 Å². The van der Waals surface area contributed by atoms with Gasteiger partial charge in [-0.1, -0.05) is 42.0 Å². The van der Waals surface area contributed by atoms with Crippen LogP contribution in [0.25, 0.3) is 0 Å². The second kappa shape index (κ2) is 9.23. The summed E-state index contributed by atoms with van der Waals surface area (Å²) in [7, 11) is -3.84. The molecular formula is C25H26FN3O3S. The van der Waals surface area contributed by atoms with Gasteiger partial charge in [0.25, 0.3) is 10.0 Å². The zero-order valence-corrected chi connectivity index (χ0v) is 19.4. The van der Waals surface area contributed by atoms with Gasteiger partial charge >= 0.3 is 6.03 Å². The smallest absolute Gasteiger partial charge is 0.320 e. The number of amides is 2. The van der Waals surface area contributed by atoms with Crippen LogP contribution in [-0.2, 0) is 16.6 Å². The Hall–Kier alpha value is -3.39. The fourth-order valence-corrected chi connectivity index (χ4v) is 4.94. The topological polar surface area (TPSA) is 69.7 Å². The average molecular weight is 468 g/mol. The summed E-state index contributed by atoms with van der Waals surface area (Å²) in [6, 6.07) is 18.0. The fourth-order valence-electron chi connectivity index (χ4n) is 3.87. The van der Waals surface area contributed by atoms with Crippen molar-refractivity contribution in [1.82, 2.24) is 4.90 Å². The molecule has 4 rings (SSSR count). The molecule has 172 valence electrons. The second-order valence-electron chi connectivity index (χ2n) is 8.24. The predicted octanol–water partition coefficient (Wildman–Crippen LogP) is 5.08. The quantitative estimate of drug-likeness (QED) is 0.550. The van der Waals surface area contributed by atoms with Crippen molar-refractivity contribution in [2.24, 2.45) is 0 Å². The van der Waals surface area contributed by atoms with E-state index >= 15 is 0 Å². The Morgan fingerprint density at radius 3 is 2.36 bits per heavy atom. The molecule has 1 aliphatic rings. The molecule has 8 heteroatoms. The van der Waals surface area contributed by atoms with E-state index in [4.69, 9.17) is 0 Å². The van der Waals surface area contributed by atoms with E-state index in [0.29, 0.717) is 36.4 Å². The van der Waals surface area contributed by atoms with Gasteiger partial charge in [0, 0.05) is 18.7 Å². The molecule has 1 aliphatic heterocycles. The number of nitrogens with one attached hydrogen (secondary N) is 1. The molecule has 0 aromatic heterocycles. The van der Waals surface area contributed by atoms with Gasteiger partial charge in [-0.15, -0.1) is 0 Å². The number of benzene rings is 3. The number of anilines is 2. The van der Waals surface area contributed by atoms with Crippen LogP contribution >= 0.6 is 0 Å². The SMILES string of the molecule is Cc1ccc(S(=O)(=O)Nc2cc(C)ccc2N2CCCN(Cc3ccccc3F)C2=O)cc1. The highest BCUT2D eigenvalue weighted by atomic mass is 32.2. The Bertz CT molecular complexity index is 1280. The van der Waals surface area contributed by atoms with Crippen LogP contribution in [0.2, 0.25) is 0 Å². The van der Waals surface area contributed by atoms with Gasteiger partial charge in [0.05, 0.1) is 22.8 Å². The number of sulfonamides is 1. The highest BCUT2D eigenvalue weighted by Crippen LogP contribution is 2.32. The minimum absolute atomic E-state index is 0.145. The van der Waals surface area contributed by atoms with Gasteiger partial charge in [-0.25, -0.2) is 17.6 Å². The zero-order chi connectivity index (χ0) is 23.6. The number of hydrogen-bond acceptors (Lipinski definition) is 3. The molecular weight excluding hydrogens is 441 g/mol. The summed E-state index contributed by atoms with van der Waals surface area (Å²) in [4.78, 5) is 16.6. The molecule has 1 N–H and O–H groups in total. The molecule has 0 bridgehead atoms. The van der Waals surface area contributed by atoms with Gasteiger partial charge in [0.15, 0.2) is 0 Å². The summed E-state index contributed by atoms with van der Waals surface area (Å²) in [5.74, 6) is -0.357. The van der Waals surface area contributed by atoms with E-state index in [9.17, 15) is 17.6 Å². The van der Waals surface area contributed by atoms with E-state index in [0.717, 1.165) is 11.1 Å². The van der Waals surface area contributed by atoms with E-state index in [1.807, 2.05) is 19.9 Å². The normalized spacial score (nSPS) is 14.5. The molecule has 0 saturated carbocycles. The van der Waals surface area contributed by atoms with Crippen molar-refractivity contribution in [3.05, 3.63) is 89.2 Å². The van der Waals surface area contributed by atoms with Crippen LogP contribution in [-0.4, -0.2) is 32.4 Å². The lowest BCUT2D eigenvalue weighted by Crippen LogP contribution is -2.49. The van der Waals surface area contributed by atoms with Gasteiger partial charge < -0.3 is 4.90 Å². The largest absolute Gasteiger partial charge is 0.324 e. The number of halogens is 1. The number of nitrogens with zero attached hydrogens (tertiary/aromatic N) is 2. The van der Waals surface area contributed by atoms with Crippen molar-refractivity contribution in [2.75, 3.05) is 22.7 Å². The van der Waals surface area contributed by atoms with E-state index in [2.05, 4.69) is 4.72 Å². The number of carbonyl (C=O) groups is 1. The van der Waals surface area contributed by atoms with Crippen LogP contribution in [0.3, 0.4) is 0 Å². The monoisotopic (exact) mass is 467 g/mol. The van der Waals surface area contributed by atoms with Gasteiger partial charge in [0.1, 0.15) is 5.82 Å². The third-order valence-corrected chi connectivity index (χ3v) is 7.03. The molecule has 0 aliphatic carbocycles. The molecule has 0 atom stereocenters. The van der Waals surface area contributed by atoms with E-state index < -0.39 is 10.0 Å². The third-order valence-electron chi connectivity index (χ3n) is 5.65.